The van der Waals surface area contributed by atoms with Crippen LogP contribution in [0.3, 0.4) is 0 Å². The van der Waals surface area contributed by atoms with Crippen LogP contribution in [0.4, 0.5) is 10.1 Å². The van der Waals surface area contributed by atoms with Crippen molar-refractivity contribution in [3.05, 3.63) is 58.9 Å². The second-order valence-corrected chi connectivity index (χ2v) is 5.19. The first-order valence-corrected chi connectivity index (χ1v) is 7.39. The van der Waals surface area contributed by atoms with Crippen molar-refractivity contribution in [3.63, 3.8) is 0 Å². The van der Waals surface area contributed by atoms with Crippen molar-refractivity contribution in [2.24, 2.45) is 0 Å². The number of anilines is 1. The van der Waals surface area contributed by atoms with Crippen molar-refractivity contribution in [1.82, 2.24) is 0 Å². The minimum absolute atomic E-state index is 0.0837. The van der Waals surface area contributed by atoms with E-state index in [0.717, 1.165) is 5.56 Å². The van der Waals surface area contributed by atoms with Gasteiger partial charge in [-0.25, -0.2) is 4.39 Å². The number of hydrogen-bond donors (Lipinski definition) is 1. The molecule has 2 rings (SSSR count). The average molecular weight is 340 g/mol. The van der Waals surface area contributed by atoms with Gasteiger partial charge >= 0.3 is 0 Å². The van der Waals surface area contributed by atoms with Crippen LogP contribution < -0.4 is 14.8 Å². The van der Waals surface area contributed by atoms with Crippen LogP contribution in [0.1, 0.15) is 11.1 Å². The minimum atomic E-state index is -0.580. The van der Waals surface area contributed by atoms with E-state index in [-0.39, 0.29) is 5.57 Å². The van der Waals surface area contributed by atoms with Crippen LogP contribution in [0.2, 0.25) is 0 Å². The van der Waals surface area contributed by atoms with Crippen molar-refractivity contribution >= 4 is 17.7 Å². The van der Waals surface area contributed by atoms with Gasteiger partial charge in [0.25, 0.3) is 5.91 Å². The molecule has 0 aliphatic carbocycles. The second-order valence-electron chi connectivity index (χ2n) is 5.19. The predicted octanol–water partition coefficient (Wildman–Crippen LogP) is 3.70. The molecule has 1 amide bonds. The number of aryl methyl sites for hydroxylation is 1. The maximum atomic E-state index is 12.9. The molecule has 2 aromatic rings. The van der Waals surface area contributed by atoms with Crippen molar-refractivity contribution in [2.75, 3.05) is 19.5 Å². The van der Waals surface area contributed by atoms with Crippen LogP contribution in [0, 0.1) is 24.1 Å². The second kappa shape index (κ2) is 7.97. The largest absolute Gasteiger partial charge is 0.493 e. The lowest BCUT2D eigenvalue weighted by atomic mass is 10.0. The molecule has 0 heterocycles. The van der Waals surface area contributed by atoms with Gasteiger partial charge in [0.1, 0.15) is 17.5 Å². The number of halogens is 1. The molecule has 0 aromatic heterocycles. The first-order valence-electron chi connectivity index (χ1n) is 7.39. The van der Waals surface area contributed by atoms with E-state index < -0.39 is 11.7 Å². The lowest BCUT2D eigenvalue weighted by Crippen LogP contribution is -2.13. The number of hydrogen-bond acceptors (Lipinski definition) is 4. The number of rotatable bonds is 5. The highest BCUT2D eigenvalue weighted by Crippen LogP contribution is 2.31. The van der Waals surface area contributed by atoms with Gasteiger partial charge in [0, 0.05) is 5.69 Å². The monoisotopic (exact) mass is 340 g/mol. The number of nitrogens with one attached hydrogen (secondary N) is 1. The molecule has 0 spiro atoms. The molecule has 2 aromatic carbocycles. The summed E-state index contributed by atoms with van der Waals surface area (Å²) in [5, 5.41) is 11.9. The van der Waals surface area contributed by atoms with E-state index in [9.17, 15) is 14.4 Å². The third-order valence-corrected chi connectivity index (χ3v) is 3.54. The van der Waals surface area contributed by atoms with Gasteiger partial charge in [-0.05, 0) is 60.5 Å². The predicted molar refractivity (Wildman–Crippen MR) is 92.9 cm³/mol. The van der Waals surface area contributed by atoms with Crippen LogP contribution in [0.15, 0.2) is 42.0 Å². The summed E-state index contributed by atoms with van der Waals surface area (Å²) in [5.74, 6) is 0.0697. The first-order chi connectivity index (χ1) is 12.0. The van der Waals surface area contributed by atoms with Gasteiger partial charge in [-0.1, -0.05) is 0 Å². The fourth-order valence-corrected chi connectivity index (χ4v) is 2.19. The fraction of sp³-hybridized carbons (Fsp3) is 0.158. The molecule has 0 saturated carbocycles. The third-order valence-electron chi connectivity index (χ3n) is 3.54. The van der Waals surface area contributed by atoms with E-state index in [4.69, 9.17) is 9.47 Å². The topological polar surface area (TPSA) is 71.3 Å². The number of benzene rings is 2. The number of methoxy groups -OCH3 is 2. The van der Waals surface area contributed by atoms with E-state index in [2.05, 4.69) is 5.32 Å². The molecule has 0 saturated heterocycles. The summed E-state index contributed by atoms with van der Waals surface area (Å²) in [5.41, 5.74) is 1.79. The third kappa shape index (κ3) is 4.36. The van der Waals surface area contributed by atoms with Crippen LogP contribution in [-0.4, -0.2) is 20.1 Å². The van der Waals surface area contributed by atoms with Gasteiger partial charge in [-0.15, -0.1) is 0 Å². The van der Waals surface area contributed by atoms with E-state index in [1.165, 1.54) is 44.6 Å². The Morgan fingerprint density at radius 2 is 1.76 bits per heavy atom. The Hall–Kier alpha value is -3.33. The average Bonchev–Trinajstić information content (AvgIpc) is 2.62. The molecule has 0 radical (unpaired) electrons. The summed E-state index contributed by atoms with van der Waals surface area (Å²) < 4.78 is 23.4. The number of nitriles is 1. The number of nitrogens with zero attached hydrogens (tertiary/aromatic N) is 1. The first kappa shape index (κ1) is 18.0. The maximum Gasteiger partial charge on any atom is 0.266 e. The number of ether oxygens (including phenoxy) is 2. The molecule has 0 atom stereocenters. The van der Waals surface area contributed by atoms with Gasteiger partial charge in [-0.2, -0.15) is 5.26 Å². The summed E-state index contributed by atoms with van der Waals surface area (Å²) >= 11 is 0. The summed E-state index contributed by atoms with van der Waals surface area (Å²) in [4.78, 5) is 12.3. The fourth-order valence-electron chi connectivity index (χ4n) is 2.19. The maximum absolute atomic E-state index is 12.9. The molecule has 0 bridgehead atoms. The van der Waals surface area contributed by atoms with Crippen molar-refractivity contribution < 1.29 is 18.7 Å². The van der Waals surface area contributed by atoms with Gasteiger partial charge < -0.3 is 14.8 Å². The number of carbonyl (C=O) groups excluding carboxylic acids is 1. The smallest absolute Gasteiger partial charge is 0.266 e. The molecule has 0 aliphatic rings. The molecule has 25 heavy (non-hydrogen) atoms. The van der Waals surface area contributed by atoms with E-state index in [1.54, 1.807) is 12.1 Å². The molecule has 1 N–H and O–H groups in total. The van der Waals surface area contributed by atoms with Gasteiger partial charge in [0.2, 0.25) is 0 Å². The Morgan fingerprint density at radius 1 is 1.16 bits per heavy atom. The van der Waals surface area contributed by atoms with E-state index in [1.807, 2.05) is 13.0 Å². The Kier molecular flexibility index (Phi) is 5.75. The quantitative estimate of drug-likeness (QED) is 0.665. The van der Waals surface area contributed by atoms with E-state index >= 15 is 0 Å². The highest BCUT2D eigenvalue weighted by molar-refractivity contribution is 6.09. The van der Waals surface area contributed by atoms with E-state index in [0.29, 0.717) is 22.7 Å². The molecular formula is C19H17FN2O3. The zero-order valence-electron chi connectivity index (χ0n) is 14.1. The Labute approximate surface area is 145 Å². The van der Waals surface area contributed by atoms with Crippen molar-refractivity contribution in [1.29, 1.82) is 5.26 Å². The zero-order chi connectivity index (χ0) is 18.4. The van der Waals surface area contributed by atoms with Crippen LogP contribution in [0.5, 0.6) is 11.5 Å². The molecule has 5 nitrogen and oxygen atoms in total. The number of carbonyl (C=O) groups is 1. The molecule has 0 unspecified atom stereocenters. The number of amides is 1. The molecular weight excluding hydrogens is 323 g/mol. The molecule has 6 heteroatoms. The molecule has 0 fully saturated rings. The summed E-state index contributed by atoms with van der Waals surface area (Å²) in [6.07, 6.45) is 1.47. The van der Waals surface area contributed by atoms with Gasteiger partial charge in [0.15, 0.2) is 11.5 Å². The lowest BCUT2D eigenvalue weighted by molar-refractivity contribution is -0.112. The van der Waals surface area contributed by atoms with Gasteiger partial charge in [-0.3, -0.25) is 4.79 Å². The lowest BCUT2D eigenvalue weighted by Gasteiger charge is -2.11. The zero-order valence-corrected chi connectivity index (χ0v) is 14.1. The summed E-state index contributed by atoms with van der Waals surface area (Å²) in [6.45, 7) is 1.83. The Balaban J connectivity index is 2.32. The standard InChI is InChI=1S/C19H17FN2O3/c1-12-8-17(24-2)18(25-3)10-13(12)9-14(11-21)19(23)22-16-6-4-15(20)5-7-16/h4-10H,1-3H3,(H,22,23)/b14-9-. The van der Waals surface area contributed by atoms with Crippen molar-refractivity contribution in [3.8, 4) is 17.6 Å². The van der Waals surface area contributed by atoms with Crippen LogP contribution >= 0.6 is 0 Å². The highest BCUT2D eigenvalue weighted by Gasteiger charge is 2.13. The highest BCUT2D eigenvalue weighted by atomic mass is 19.1. The van der Waals surface area contributed by atoms with Crippen LogP contribution in [-0.2, 0) is 4.79 Å². The van der Waals surface area contributed by atoms with Crippen molar-refractivity contribution in [2.45, 2.75) is 6.92 Å². The Bertz CT molecular complexity index is 852. The van der Waals surface area contributed by atoms with Gasteiger partial charge in [0.05, 0.1) is 14.2 Å². The molecule has 128 valence electrons. The normalized spacial score (nSPS) is 10.8. The minimum Gasteiger partial charge on any atom is -0.493 e. The Morgan fingerprint density at radius 3 is 2.32 bits per heavy atom. The summed E-state index contributed by atoms with van der Waals surface area (Å²) in [6, 6.07) is 10.6. The molecule has 0 aliphatic heterocycles. The summed E-state index contributed by atoms with van der Waals surface area (Å²) in [7, 11) is 3.04. The SMILES string of the molecule is COc1cc(C)c(/C=C(/C#N)C(=O)Nc2ccc(F)cc2)cc1OC. The van der Waals surface area contributed by atoms with Crippen LogP contribution in [0.25, 0.3) is 6.08 Å².